The summed E-state index contributed by atoms with van der Waals surface area (Å²) in [5.41, 5.74) is 6.19. The molecule has 0 atom stereocenters. The molecule has 1 amide bonds. The molecular weight excluding hydrogens is 218 g/mol. The number of nitrogens with two attached hydrogens (primary N) is 1. The van der Waals surface area contributed by atoms with Crippen molar-refractivity contribution in [3.05, 3.63) is 23.9 Å². The summed E-state index contributed by atoms with van der Waals surface area (Å²) >= 11 is 0. The molecular formula is C11H15N5O. The molecule has 2 heterocycles. The average Bonchev–Trinajstić information content (AvgIpc) is 2.73. The Labute approximate surface area is 99.0 Å². The highest BCUT2D eigenvalue weighted by Gasteiger charge is 2.14. The van der Waals surface area contributed by atoms with Gasteiger partial charge in [-0.15, -0.1) is 5.10 Å². The van der Waals surface area contributed by atoms with E-state index in [2.05, 4.69) is 10.1 Å². The van der Waals surface area contributed by atoms with Gasteiger partial charge in [0.15, 0.2) is 5.65 Å². The first-order chi connectivity index (χ1) is 8.17. The summed E-state index contributed by atoms with van der Waals surface area (Å²) in [4.78, 5) is 17.6. The molecule has 17 heavy (non-hydrogen) atoms. The van der Waals surface area contributed by atoms with Crippen LogP contribution in [-0.4, -0.2) is 33.6 Å². The van der Waals surface area contributed by atoms with Crippen molar-refractivity contribution in [1.29, 1.82) is 0 Å². The number of rotatable bonds is 4. The molecule has 0 aliphatic rings. The topological polar surface area (TPSA) is 76.5 Å². The van der Waals surface area contributed by atoms with Crippen LogP contribution in [0.15, 0.2) is 18.3 Å². The van der Waals surface area contributed by atoms with Crippen LogP contribution in [-0.2, 0) is 0 Å². The Bertz CT molecular complexity index is 544. The van der Waals surface area contributed by atoms with Crippen LogP contribution >= 0.6 is 0 Å². The lowest BCUT2D eigenvalue weighted by Gasteiger charge is -2.14. The van der Waals surface area contributed by atoms with Crippen LogP contribution in [0.2, 0.25) is 0 Å². The van der Waals surface area contributed by atoms with E-state index in [1.807, 2.05) is 18.7 Å². The van der Waals surface area contributed by atoms with Crippen molar-refractivity contribution in [3.8, 4) is 0 Å². The van der Waals surface area contributed by atoms with E-state index in [9.17, 15) is 4.79 Å². The molecule has 90 valence electrons. The third kappa shape index (κ3) is 1.93. The second kappa shape index (κ2) is 4.40. The molecule has 6 nitrogen and oxygen atoms in total. The van der Waals surface area contributed by atoms with Crippen molar-refractivity contribution >= 4 is 17.5 Å². The molecule has 0 aromatic carbocycles. The van der Waals surface area contributed by atoms with Crippen molar-refractivity contribution in [1.82, 2.24) is 14.6 Å². The van der Waals surface area contributed by atoms with Crippen molar-refractivity contribution < 1.29 is 4.79 Å². The number of nitrogens with zero attached hydrogens (tertiary/aromatic N) is 4. The highest BCUT2D eigenvalue weighted by Crippen LogP contribution is 2.13. The van der Waals surface area contributed by atoms with Gasteiger partial charge in [0.2, 0.25) is 5.95 Å². The van der Waals surface area contributed by atoms with Crippen LogP contribution < -0.4 is 10.6 Å². The van der Waals surface area contributed by atoms with E-state index in [0.717, 1.165) is 13.1 Å². The number of carbonyl (C=O) groups is 1. The molecule has 2 aromatic rings. The Balaban J connectivity index is 2.57. The summed E-state index contributed by atoms with van der Waals surface area (Å²) in [6, 6.07) is 3.38. The zero-order chi connectivity index (χ0) is 12.4. The number of carbonyl (C=O) groups excluding carboxylic acids is 1. The summed E-state index contributed by atoms with van der Waals surface area (Å²) in [7, 11) is 0. The summed E-state index contributed by atoms with van der Waals surface area (Å²) in [5.74, 6) is 0.123. The van der Waals surface area contributed by atoms with Gasteiger partial charge in [0, 0.05) is 19.3 Å². The van der Waals surface area contributed by atoms with Gasteiger partial charge in [-0.1, -0.05) is 0 Å². The first kappa shape index (κ1) is 11.4. The lowest BCUT2D eigenvalue weighted by atomic mass is 10.2. The molecule has 0 radical (unpaired) electrons. The van der Waals surface area contributed by atoms with Gasteiger partial charge in [-0.3, -0.25) is 4.79 Å². The number of aromatic nitrogens is 3. The number of amides is 1. The minimum atomic E-state index is -0.492. The molecule has 0 bridgehead atoms. The third-order valence-corrected chi connectivity index (χ3v) is 2.66. The van der Waals surface area contributed by atoms with E-state index in [-0.39, 0.29) is 0 Å². The summed E-state index contributed by atoms with van der Waals surface area (Å²) in [6.45, 7) is 5.70. The monoisotopic (exact) mass is 233 g/mol. The number of pyridine rings is 1. The lowest BCUT2D eigenvalue weighted by Crippen LogP contribution is -2.23. The van der Waals surface area contributed by atoms with Crippen LogP contribution in [0.4, 0.5) is 5.95 Å². The van der Waals surface area contributed by atoms with Gasteiger partial charge in [0.05, 0.1) is 5.56 Å². The molecule has 0 aliphatic carbocycles. The molecule has 0 spiro atoms. The molecule has 0 aliphatic heterocycles. The minimum Gasteiger partial charge on any atom is -0.365 e. The SMILES string of the molecule is CCN(CC)c1nc2c(C(N)=O)cccn2n1. The van der Waals surface area contributed by atoms with Crippen molar-refractivity contribution in [3.63, 3.8) is 0 Å². The molecule has 0 fully saturated rings. The summed E-state index contributed by atoms with van der Waals surface area (Å²) in [6.07, 6.45) is 1.75. The lowest BCUT2D eigenvalue weighted by molar-refractivity contribution is 0.100. The van der Waals surface area contributed by atoms with Crippen molar-refractivity contribution in [2.75, 3.05) is 18.0 Å². The molecule has 2 N–H and O–H groups in total. The smallest absolute Gasteiger partial charge is 0.252 e. The second-order valence-corrected chi connectivity index (χ2v) is 3.64. The third-order valence-electron chi connectivity index (χ3n) is 2.66. The molecule has 0 saturated heterocycles. The number of fused-ring (bicyclic) bond motifs is 1. The minimum absolute atomic E-state index is 0.387. The van der Waals surface area contributed by atoms with Crippen molar-refractivity contribution in [2.24, 2.45) is 5.73 Å². The molecule has 0 saturated carbocycles. The van der Waals surface area contributed by atoms with Crippen LogP contribution in [0.1, 0.15) is 24.2 Å². The van der Waals surface area contributed by atoms with Gasteiger partial charge in [0.1, 0.15) is 0 Å². The number of primary amides is 1. The highest BCUT2D eigenvalue weighted by atomic mass is 16.1. The van der Waals surface area contributed by atoms with Gasteiger partial charge in [-0.25, -0.2) is 4.52 Å². The largest absolute Gasteiger partial charge is 0.365 e. The van der Waals surface area contributed by atoms with E-state index in [4.69, 9.17) is 5.73 Å². The molecule has 2 aromatic heterocycles. The Morgan fingerprint density at radius 3 is 2.76 bits per heavy atom. The quantitative estimate of drug-likeness (QED) is 0.842. The Morgan fingerprint density at radius 2 is 2.18 bits per heavy atom. The number of hydrogen-bond acceptors (Lipinski definition) is 4. The fraction of sp³-hybridized carbons (Fsp3) is 0.364. The highest BCUT2D eigenvalue weighted by molar-refractivity contribution is 5.98. The zero-order valence-electron chi connectivity index (χ0n) is 9.92. The molecule has 6 heteroatoms. The predicted molar refractivity (Wildman–Crippen MR) is 65.1 cm³/mol. The maximum Gasteiger partial charge on any atom is 0.252 e. The second-order valence-electron chi connectivity index (χ2n) is 3.64. The van der Waals surface area contributed by atoms with E-state index >= 15 is 0 Å². The summed E-state index contributed by atoms with van der Waals surface area (Å²) in [5, 5.41) is 4.32. The van der Waals surface area contributed by atoms with Crippen molar-refractivity contribution in [2.45, 2.75) is 13.8 Å². The normalized spacial score (nSPS) is 10.7. The van der Waals surface area contributed by atoms with E-state index in [0.29, 0.717) is 17.2 Å². The maximum absolute atomic E-state index is 11.3. The summed E-state index contributed by atoms with van der Waals surface area (Å²) < 4.78 is 1.58. The van der Waals surface area contributed by atoms with Gasteiger partial charge >= 0.3 is 0 Å². The fourth-order valence-electron chi connectivity index (χ4n) is 1.73. The van der Waals surface area contributed by atoms with Gasteiger partial charge in [-0.2, -0.15) is 4.98 Å². The standard InChI is InChI=1S/C11H15N5O/c1-3-15(4-2)11-13-10-8(9(12)17)6-5-7-16(10)14-11/h5-7H,3-4H2,1-2H3,(H2,12,17). The first-order valence-electron chi connectivity index (χ1n) is 5.57. The van der Waals surface area contributed by atoms with Crippen LogP contribution in [0.25, 0.3) is 5.65 Å². The maximum atomic E-state index is 11.3. The fourth-order valence-corrected chi connectivity index (χ4v) is 1.73. The predicted octanol–water partition coefficient (Wildman–Crippen LogP) is 0.674. The van der Waals surface area contributed by atoms with Crippen LogP contribution in [0.5, 0.6) is 0 Å². The van der Waals surface area contributed by atoms with Gasteiger partial charge < -0.3 is 10.6 Å². The van der Waals surface area contributed by atoms with Crippen LogP contribution in [0.3, 0.4) is 0 Å². The number of anilines is 1. The zero-order valence-corrected chi connectivity index (χ0v) is 9.92. The molecule has 0 unspecified atom stereocenters. The number of hydrogen-bond donors (Lipinski definition) is 1. The van der Waals surface area contributed by atoms with Crippen LogP contribution in [0, 0.1) is 0 Å². The van der Waals surface area contributed by atoms with Gasteiger partial charge in [0.25, 0.3) is 5.91 Å². The van der Waals surface area contributed by atoms with Gasteiger partial charge in [-0.05, 0) is 26.0 Å². The van der Waals surface area contributed by atoms with E-state index < -0.39 is 5.91 Å². The first-order valence-corrected chi connectivity index (χ1v) is 5.57. The van der Waals surface area contributed by atoms with E-state index in [1.165, 1.54) is 0 Å². The average molecular weight is 233 g/mol. The Morgan fingerprint density at radius 1 is 1.47 bits per heavy atom. The van der Waals surface area contributed by atoms with E-state index in [1.54, 1.807) is 22.8 Å². The molecule has 2 rings (SSSR count). The Hall–Kier alpha value is -2.11. The Kier molecular flexibility index (Phi) is 2.95.